The van der Waals surface area contributed by atoms with E-state index in [0.717, 1.165) is 43.4 Å². The van der Waals surface area contributed by atoms with E-state index in [9.17, 15) is 14.4 Å². The van der Waals surface area contributed by atoms with E-state index < -0.39 is 23.8 Å². The zero-order valence-corrected chi connectivity index (χ0v) is 20.0. The average molecular weight is 472 g/mol. The van der Waals surface area contributed by atoms with E-state index >= 15 is 0 Å². The molecule has 1 aromatic carbocycles. The Morgan fingerprint density at radius 3 is 2.55 bits per heavy atom. The molecule has 3 aliphatic rings. The lowest BCUT2D eigenvalue weighted by molar-refractivity contribution is -0.151. The van der Waals surface area contributed by atoms with Crippen LogP contribution in [0.2, 0.25) is 5.02 Å². The van der Waals surface area contributed by atoms with Gasteiger partial charge in [0, 0.05) is 27.9 Å². The first-order valence-corrected chi connectivity index (χ1v) is 12.0. The molecule has 0 amide bonds. The second kappa shape index (κ2) is 9.72. The fraction of sp³-hybridized carbons (Fsp3) is 0.500. The number of esters is 2. The number of ether oxygens (including phenoxy) is 2. The molecule has 6 nitrogen and oxygen atoms in total. The van der Waals surface area contributed by atoms with Crippen LogP contribution in [0.25, 0.3) is 0 Å². The lowest BCUT2D eigenvalue weighted by Gasteiger charge is -2.38. The molecule has 33 heavy (non-hydrogen) atoms. The van der Waals surface area contributed by atoms with Crippen molar-refractivity contribution in [1.29, 1.82) is 0 Å². The zero-order valence-electron chi connectivity index (χ0n) is 19.3. The number of methoxy groups -OCH3 is 1. The molecule has 2 aliphatic carbocycles. The Morgan fingerprint density at radius 1 is 1.15 bits per heavy atom. The Morgan fingerprint density at radius 2 is 1.88 bits per heavy atom. The van der Waals surface area contributed by atoms with Gasteiger partial charge in [0.1, 0.15) is 12.0 Å². The Balaban J connectivity index is 1.78. The second-order valence-corrected chi connectivity index (χ2v) is 9.69. The highest BCUT2D eigenvalue weighted by molar-refractivity contribution is 6.30. The van der Waals surface area contributed by atoms with Crippen LogP contribution in [-0.4, -0.2) is 30.9 Å². The molecule has 0 bridgehead atoms. The molecule has 1 aromatic rings. The first-order valence-electron chi connectivity index (χ1n) is 11.6. The highest BCUT2D eigenvalue weighted by atomic mass is 35.5. The molecule has 1 fully saturated rings. The van der Waals surface area contributed by atoms with Crippen molar-refractivity contribution in [2.45, 2.75) is 64.4 Å². The number of halogens is 1. The van der Waals surface area contributed by atoms with Gasteiger partial charge in [-0.25, -0.2) is 4.79 Å². The first kappa shape index (κ1) is 23.6. The maximum Gasteiger partial charge on any atom is 0.337 e. The number of dihydropyridines is 1. The summed E-state index contributed by atoms with van der Waals surface area (Å²) in [6.07, 6.45) is 5.31. The molecule has 0 radical (unpaired) electrons. The van der Waals surface area contributed by atoms with Crippen molar-refractivity contribution in [2.24, 2.45) is 11.8 Å². The molecular formula is C26H30ClNO5. The van der Waals surface area contributed by atoms with Crippen molar-refractivity contribution in [1.82, 2.24) is 5.32 Å². The van der Waals surface area contributed by atoms with Crippen molar-refractivity contribution < 1.29 is 23.9 Å². The van der Waals surface area contributed by atoms with Gasteiger partial charge in [0.25, 0.3) is 0 Å². The molecule has 7 heteroatoms. The van der Waals surface area contributed by atoms with Crippen LogP contribution >= 0.6 is 11.6 Å². The minimum absolute atomic E-state index is 0.119. The van der Waals surface area contributed by atoms with E-state index in [1.807, 2.05) is 19.9 Å². The van der Waals surface area contributed by atoms with Gasteiger partial charge in [0.2, 0.25) is 0 Å². The third kappa shape index (κ3) is 4.58. The standard InChI is InChI=1S/C26H30ClNO5/c1-14-12-19-23(24(29)20(14)25(30)32-3)22(16-8-7-9-17(27)13-16)21(15(2)28-19)26(31)33-18-10-5-4-6-11-18/h7-9,13-14,18,20,22,28H,4-6,10-12H2,1-3H3/t14-,20+,22-/m0/s1. The topological polar surface area (TPSA) is 81.7 Å². The smallest absolute Gasteiger partial charge is 0.337 e. The van der Waals surface area contributed by atoms with Gasteiger partial charge in [-0.2, -0.15) is 0 Å². The van der Waals surface area contributed by atoms with E-state index in [-0.39, 0.29) is 17.8 Å². The average Bonchev–Trinajstić information content (AvgIpc) is 2.78. The van der Waals surface area contributed by atoms with Crippen LogP contribution in [0.5, 0.6) is 0 Å². The van der Waals surface area contributed by atoms with Crippen LogP contribution in [0, 0.1) is 11.8 Å². The summed E-state index contributed by atoms with van der Waals surface area (Å²) in [6, 6.07) is 7.17. The Bertz CT molecular complexity index is 1040. The normalized spacial score (nSPS) is 25.9. The van der Waals surface area contributed by atoms with Gasteiger partial charge in [0.15, 0.2) is 5.78 Å². The molecule has 0 aromatic heterocycles. The second-order valence-electron chi connectivity index (χ2n) is 9.26. The van der Waals surface area contributed by atoms with E-state index in [4.69, 9.17) is 21.1 Å². The van der Waals surface area contributed by atoms with Crippen LogP contribution < -0.4 is 5.32 Å². The number of ketones is 1. The van der Waals surface area contributed by atoms with Crippen LogP contribution in [0.15, 0.2) is 46.8 Å². The molecule has 0 spiro atoms. The van der Waals surface area contributed by atoms with E-state index in [1.54, 1.807) is 18.2 Å². The summed E-state index contributed by atoms with van der Waals surface area (Å²) in [5, 5.41) is 3.80. The Hall–Kier alpha value is -2.60. The highest BCUT2D eigenvalue weighted by Crippen LogP contribution is 2.46. The third-order valence-corrected chi connectivity index (χ3v) is 7.21. The molecule has 0 unspecified atom stereocenters. The van der Waals surface area contributed by atoms with Gasteiger partial charge in [-0.15, -0.1) is 0 Å². The van der Waals surface area contributed by atoms with E-state index in [0.29, 0.717) is 28.3 Å². The molecule has 1 aliphatic heterocycles. The van der Waals surface area contributed by atoms with Crippen molar-refractivity contribution in [3.05, 3.63) is 57.4 Å². The highest BCUT2D eigenvalue weighted by Gasteiger charge is 2.47. The summed E-state index contributed by atoms with van der Waals surface area (Å²) >= 11 is 6.30. The number of hydrogen-bond donors (Lipinski definition) is 1. The van der Waals surface area contributed by atoms with Gasteiger partial charge in [-0.05, 0) is 62.6 Å². The number of Topliss-reactive ketones (excluding diaryl/α,β-unsaturated/α-hetero) is 1. The van der Waals surface area contributed by atoms with Gasteiger partial charge in [-0.3, -0.25) is 9.59 Å². The van der Waals surface area contributed by atoms with Crippen LogP contribution in [0.3, 0.4) is 0 Å². The molecule has 1 N–H and O–H groups in total. The number of carbonyl (C=O) groups is 3. The number of rotatable bonds is 4. The predicted octanol–water partition coefficient (Wildman–Crippen LogP) is 4.83. The molecule has 4 rings (SSSR count). The number of nitrogens with one attached hydrogen (secondary N) is 1. The molecular weight excluding hydrogens is 442 g/mol. The maximum atomic E-state index is 13.7. The van der Waals surface area contributed by atoms with Gasteiger partial charge in [0.05, 0.1) is 12.7 Å². The molecule has 1 heterocycles. The van der Waals surface area contributed by atoms with Crippen molar-refractivity contribution in [3.8, 4) is 0 Å². The fourth-order valence-corrected chi connectivity index (χ4v) is 5.57. The Kier molecular flexibility index (Phi) is 6.94. The van der Waals surface area contributed by atoms with Crippen molar-refractivity contribution in [2.75, 3.05) is 7.11 Å². The fourth-order valence-electron chi connectivity index (χ4n) is 5.37. The van der Waals surface area contributed by atoms with Crippen LogP contribution in [-0.2, 0) is 23.9 Å². The van der Waals surface area contributed by atoms with Gasteiger partial charge >= 0.3 is 11.9 Å². The van der Waals surface area contributed by atoms with Crippen LogP contribution in [0.4, 0.5) is 0 Å². The molecule has 3 atom stereocenters. The SMILES string of the molecule is COC(=O)[C@H]1C(=O)C2=C(C[C@@H]1C)NC(C)=C(C(=O)OC1CCCCC1)[C@@H]2c1cccc(Cl)c1. The van der Waals surface area contributed by atoms with Crippen molar-refractivity contribution >= 4 is 29.3 Å². The molecule has 176 valence electrons. The summed E-state index contributed by atoms with van der Waals surface area (Å²) in [5.41, 5.74) is 2.94. The Labute approximate surface area is 199 Å². The minimum Gasteiger partial charge on any atom is -0.468 e. The summed E-state index contributed by atoms with van der Waals surface area (Å²) < 4.78 is 10.9. The summed E-state index contributed by atoms with van der Waals surface area (Å²) in [6.45, 7) is 3.70. The number of allylic oxidation sites excluding steroid dienone is 3. The predicted molar refractivity (Wildman–Crippen MR) is 124 cm³/mol. The number of carbonyl (C=O) groups excluding carboxylic acids is 3. The first-order chi connectivity index (χ1) is 15.8. The summed E-state index contributed by atoms with van der Waals surface area (Å²) in [7, 11) is 1.29. The quantitative estimate of drug-likeness (QED) is 0.500. The van der Waals surface area contributed by atoms with Crippen LogP contribution in [0.1, 0.15) is 63.9 Å². The monoisotopic (exact) mass is 471 g/mol. The van der Waals surface area contributed by atoms with E-state index in [2.05, 4.69) is 5.32 Å². The molecule has 1 saturated carbocycles. The summed E-state index contributed by atoms with van der Waals surface area (Å²) in [4.78, 5) is 39.7. The van der Waals surface area contributed by atoms with Gasteiger partial charge in [-0.1, -0.05) is 37.1 Å². The lowest BCUT2D eigenvalue weighted by Crippen LogP contribution is -2.43. The molecule has 0 saturated heterocycles. The number of benzene rings is 1. The van der Waals surface area contributed by atoms with Gasteiger partial charge < -0.3 is 14.8 Å². The van der Waals surface area contributed by atoms with E-state index in [1.165, 1.54) is 7.11 Å². The summed E-state index contributed by atoms with van der Waals surface area (Å²) in [5.74, 6) is -3.09. The minimum atomic E-state index is -0.911. The zero-order chi connectivity index (χ0) is 23.7. The number of hydrogen-bond acceptors (Lipinski definition) is 6. The van der Waals surface area contributed by atoms with Crippen molar-refractivity contribution in [3.63, 3.8) is 0 Å². The maximum absolute atomic E-state index is 13.7. The lowest BCUT2D eigenvalue weighted by atomic mass is 9.69. The third-order valence-electron chi connectivity index (χ3n) is 6.97. The largest absolute Gasteiger partial charge is 0.468 e.